The van der Waals surface area contributed by atoms with Crippen molar-refractivity contribution in [3.8, 4) is 0 Å². The predicted octanol–water partition coefficient (Wildman–Crippen LogP) is 2.09. The van der Waals surface area contributed by atoms with Crippen LogP contribution < -0.4 is 5.32 Å². The average Bonchev–Trinajstić information content (AvgIpc) is 3.17. The van der Waals surface area contributed by atoms with Crippen molar-refractivity contribution < 1.29 is 14.4 Å². The molecule has 1 heterocycles. The van der Waals surface area contributed by atoms with Gasteiger partial charge in [-0.15, -0.1) is 0 Å². The molecule has 23 heavy (non-hydrogen) atoms. The number of amides is 3. The normalized spacial score (nSPS) is 30.9. The molecular formula is C17H15ClN2O3. The van der Waals surface area contributed by atoms with Crippen LogP contribution >= 0.6 is 11.6 Å². The number of likely N-dealkylation sites (tertiary alicyclic amines) is 1. The van der Waals surface area contributed by atoms with Gasteiger partial charge in [-0.25, -0.2) is 0 Å². The third-order valence-corrected chi connectivity index (χ3v) is 5.21. The average molecular weight is 331 g/mol. The van der Waals surface area contributed by atoms with E-state index in [1.165, 1.54) is 0 Å². The van der Waals surface area contributed by atoms with E-state index in [1.54, 1.807) is 24.3 Å². The van der Waals surface area contributed by atoms with Crippen LogP contribution in [0.2, 0.25) is 5.02 Å². The van der Waals surface area contributed by atoms with Crippen molar-refractivity contribution in [1.29, 1.82) is 0 Å². The number of rotatable bonds is 3. The molecule has 4 rings (SSSR count). The zero-order chi connectivity index (χ0) is 16.1. The van der Waals surface area contributed by atoms with E-state index in [2.05, 4.69) is 5.32 Å². The van der Waals surface area contributed by atoms with E-state index in [1.807, 2.05) is 12.2 Å². The number of benzene rings is 1. The Bertz CT molecular complexity index is 715. The van der Waals surface area contributed by atoms with Crippen LogP contribution in [0.3, 0.4) is 0 Å². The summed E-state index contributed by atoms with van der Waals surface area (Å²) in [7, 11) is 0. The van der Waals surface area contributed by atoms with Gasteiger partial charge in [0.25, 0.3) is 0 Å². The summed E-state index contributed by atoms with van der Waals surface area (Å²) in [6.45, 7) is -0.239. The second-order valence-electron chi connectivity index (χ2n) is 6.32. The molecule has 2 bridgehead atoms. The van der Waals surface area contributed by atoms with Crippen LogP contribution in [0.15, 0.2) is 36.4 Å². The SMILES string of the molecule is O=C(CN1C(=O)[C@@H]2[C@H](C1=O)[C@H]1C=C[C@H]2C1)Nc1cccc(Cl)c1. The molecule has 1 aromatic carbocycles. The molecular weight excluding hydrogens is 316 g/mol. The standard InChI is InChI=1S/C17H15ClN2O3/c18-11-2-1-3-12(7-11)19-13(21)8-20-16(22)14-9-4-5-10(6-9)15(14)17(20)23/h1-5,7,9-10,14-15H,6,8H2,(H,19,21)/t9-,10-,14-,15+/m0/s1. The molecule has 3 amide bonds. The fourth-order valence-electron chi connectivity index (χ4n) is 4.03. The first-order valence-electron chi connectivity index (χ1n) is 7.63. The van der Waals surface area contributed by atoms with E-state index in [-0.39, 0.29) is 42.0 Å². The van der Waals surface area contributed by atoms with Gasteiger partial charge >= 0.3 is 0 Å². The molecule has 1 saturated heterocycles. The van der Waals surface area contributed by atoms with Crippen LogP contribution in [-0.4, -0.2) is 29.2 Å². The van der Waals surface area contributed by atoms with Crippen LogP contribution in [0.5, 0.6) is 0 Å². The number of fused-ring (bicyclic) bond motifs is 5. The van der Waals surface area contributed by atoms with E-state index in [4.69, 9.17) is 11.6 Å². The summed E-state index contributed by atoms with van der Waals surface area (Å²) < 4.78 is 0. The van der Waals surface area contributed by atoms with Gasteiger partial charge in [0.15, 0.2) is 0 Å². The van der Waals surface area contributed by atoms with Crippen LogP contribution in [0, 0.1) is 23.7 Å². The highest BCUT2D eigenvalue weighted by Gasteiger charge is 2.59. The summed E-state index contributed by atoms with van der Waals surface area (Å²) in [5.41, 5.74) is 0.545. The van der Waals surface area contributed by atoms with E-state index >= 15 is 0 Å². The first-order chi connectivity index (χ1) is 11.0. The third-order valence-electron chi connectivity index (χ3n) is 4.97. The molecule has 0 radical (unpaired) electrons. The minimum Gasteiger partial charge on any atom is -0.324 e. The molecule has 1 N–H and O–H groups in total. The van der Waals surface area contributed by atoms with Crippen molar-refractivity contribution in [2.75, 3.05) is 11.9 Å². The zero-order valence-electron chi connectivity index (χ0n) is 12.2. The van der Waals surface area contributed by atoms with E-state index in [9.17, 15) is 14.4 Å². The monoisotopic (exact) mass is 330 g/mol. The first kappa shape index (κ1) is 14.5. The second kappa shape index (κ2) is 5.20. The molecule has 6 heteroatoms. The number of anilines is 1. The Morgan fingerprint density at radius 2 is 1.83 bits per heavy atom. The van der Waals surface area contributed by atoms with Crippen molar-refractivity contribution in [1.82, 2.24) is 4.90 Å². The van der Waals surface area contributed by atoms with Crippen molar-refractivity contribution in [2.45, 2.75) is 6.42 Å². The maximum atomic E-state index is 12.5. The molecule has 118 valence electrons. The number of hydrogen-bond acceptors (Lipinski definition) is 3. The molecule has 2 fully saturated rings. The van der Waals surface area contributed by atoms with Crippen molar-refractivity contribution >= 4 is 35.0 Å². The number of nitrogens with zero attached hydrogens (tertiary/aromatic N) is 1. The van der Waals surface area contributed by atoms with Crippen LogP contribution in [0.25, 0.3) is 0 Å². The molecule has 0 unspecified atom stereocenters. The van der Waals surface area contributed by atoms with E-state index in [0.717, 1.165) is 11.3 Å². The Balaban J connectivity index is 1.46. The smallest absolute Gasteiger partial charge is 0.244 e. The Morgan fingerprint density at radius 3 is 2.43 bits per heavy atom. The lowest BCUT2D eigenvalue weighted by Gasteiger charge is -2.16. The van der Waals surface area contributed by atoms with Crippen molar-refractivity contribution in [2.24, 2.45) is 23.7 Å². The number of carbonyl (C=O) groups is 3. The minimum absolute atomic E-state index is 0.155. The van der Waals surface area contributed by atoms with Crippen molar-refractivity contribution in [3.63, 3.8) is 0 Å². The highest BCUT2D eigenvalue weighted by molar-refractivity contribution is 6.30. The van der Waals surface area contributed by atoms with Crippen LogP contribution in [0.4, 0.5) is 5.69 Å². The van der Waals surface area contributed by atoms with Gasteiger partial charge in [0.2, 0.25) is 17.7 Å². The molecule has 1 aromatic rings. The molecule has 0 aromatic heterocycles. The highest BCUT2D eigenvalue weighted by atomic mass is 35.5. The Labute approximate surface area is 138 Å². The highest BCUT2D eigenvalue weighted by Crippen LogP contribution is 2.52. The Morgan fingerprint density at radius 1 is 1.17 bits per heavy atom. The van der Waals surface area contributed by atoms with Gasteiger partial charge < -0.3 is 5.32 Å². The van der Waals surface area contributed by atoms with Gasteiger partial charge in [-0.3, -0.25) is 19.3 Å². The van der Waals surface area contributed by atoms with E-state index < -0.39 is 5.91 Å². The molecule has 0 spiro atoms. The molecule has 5 nitrogen and oxygen atoms in total. The molecule has 1 saturated carbocycles. The summed E-state index contributed by atoms with van der Waals surface area (Å²) >= 11 is 5.87. The summed E-state index contributed by atoms with van der Waals surface area (Å²) in [4.78, 5) is 38.3. The second-order valence-corrected chi connectivity index (χ2v) is 6.76. The van der Waals surface area contributed by atoms with Crippen LogP contribution in [0.1, 0.15) is 6.42 Å². The molecule has 3 aliphatic rings. The van der Waals surface area contributed by atoms with Gasteiger partial charge in [0.05, 0.1) is 11.8 Å². The Hall–Kier alpha value is -2.14. The number of halogens is 1. The lowest BCUT2D eigenvalue weighted by molar-refractivity contribution is -0.143. The number of imide groups is 1. The van der Waals surface area contributed by atoms with Gasteiger partial charge in [-0.1, -0.05) is 29.8 Å². The lowest BCUT2D eigenvalue weighted by Crippen LogP contribution is -2.39. The molecule has 2 aliphatic carbocycles. The molecule has 1 aliphatic heterocycles. The number of nitrogens with one attached hydrogen (secondary N) is 1. The fourth-order valence-corrected chi connectivity index (χ4v) is 4.22. The maximum Gasteiger partial charge on any atom is 0.244 e. The van der Waals surface area contributed by atoms with Gasteiger partial charge in [-0.05, 0) is 36.5 Å². The quantitative estimate of drug-likeness (QED) is 0.681. The summed E-state index contributed by atoms with van der Waals surface area (Å²) in [6.07, 6.45) is 4.95. The summed E-state index contributed by atoms with van der Waals surface area (Å²) in [5.74, 6) is -1.04. The van der Waals surface area contributed by atoms with Gasteiger partial charge in [0.1, 0.15) is 6.54 Å². The minimum atomic E-state index is -0.394. The fraction of sp³-hybridized carbons (Fsp3) is 0.353. The van der Waals surface area contributed by atoms with Gasteiger partial charge in [0, 0.05) is 10.7 Å². The third kappa shape index (κ3) is 2.27. The predicted molar refractivity (Wildman–Crippen MR) is 84.5 cm³/mol. The van der Waals surface area contributed by atoms with Crippen LogP contribution in [-0.2, 0) is 14.4 Å². The molecule has 4 atom stereocenters. The topological polar surface area (TPSA) is 66.5 Å². The van der Waals surface area contributed by atoms with Gasteiger partial charge in [-0.2, -0.15) is 0 Å². The summed E-state index contributed by atoms with van der Waals surface area (Å²) in [6, 6.07) is 6.74. The summed E-state index contributed by atoms with van der Waals surface area (Å²) in [5, 5.41) is 3.18. The maximum absolute atomic E-state index is 12.5. The zero-order valence-corrected chi connectivity index (χ0v) is 13.0. The first-order valence-corrected chi connectivity index (χ1v) is 8.01. The largest absolute Gasteiger partial charge is 0.324 e. The van der Waals surface area contributed by atoms with E-state index in [0.29, 0.717) is 10.7 Å². The Kier molecular flexibility index (Phi) is 3.27. The number of hydrogen-bond donors (Lipinski definition) is 1. The van der Waals surface area contributed by atoms with Crippen molar-refractivity contribution in [3.05, 3.63) is 41.4 Å². The lowest BCUT2D eigenvalue weighted by atomic mass is 9.85. The number of allylic oxidation sites excluding steroid dienone is 2. The number of carbonyl (C=O) groups excluding carboxylic acids is 3.